The summed E-state index contributed by atoms with van der Waals surface area (Å²) in [5, 5.41) is 0. The van der Waals surface area contributed by atoms with Crippen molar-refractivity contribution in [3.05, 3.63) is 12.2 Å². The highest BCUT2D eigenvalue weighted by Gasteiger charge is 2.65. The predicted molar refractivity (Wildman–Crippen MR) is 99.3 cm³/mol. The highest BCUT2D eigenvalue weighted by atomic mass is 14.7. The van der Waals surface area contributed by atoms with Crippen LogP contribution in [0.4, 0.5) is 0 Å². The number of hydrogen-bond acceptors (Lipinski definition) is 0. The van der Waals surface area contributed by atoms with Crippen LogP contribution in [0.5, 0.6) is 0 Å². The van der Waals surface area contributed by atoms with Crippen molar-refractivity contribution in [1.29, 1.82) is 0 Å². The van der Waals surface area contributed by atoms with Crippen molar-refractivity contribution in [2.75, 3.05) is 0 Å². The molecule has 4 bridgehead atoms. The van der Waals surface area contributed by atoms with Crippen LogP contribution in [0.15, 0.2) is 12.2 Å². The number of hydrogen-bond donors (Lipinski definition) is 0. The van der Waals surface area contributed by atoms with Gasteiger partial charge in [0, 0.05) is 0 Å². The van der Waals surface area contributed by atoms with Crippen molar-refractivity contribution in [1.82, 2.24) is 0 Å². The molecule has 0 aromatic rings. The molecule has 0 nitrogen and oxygen atoms in total. The highest BCUT2D eigenvalue weighted by molar-refractivity contribution is 5.20. The molecule has 6 rings (SSSR count). The van der Waals surface area contributed by atoms with E-state index in [-0.39, 0.29) is 0 Å². The first-order chi connectivity index (χ1) is 11.8. The molecule has 0 aromatic heterocycles. The Hall–Kier alpha value is -0.260. The van der Waals surface area contributed by atoms with Crippen molar-refractivity contribution < 1.29 is 0 Å². The SMILES string of the molecule is CCC1CCCC2C3CC(C12)C1C3CC2C3C=CC(C3)C2C1CC. The zero-order valence-electron chi connectivity index (χ0n) is 15.7. The van der Waals surface area contributed by atoms with Crippen LogP contribution >= 0.6 is 0 Å². The Morgan fingerprint density at radius 1 is 0.667 bits per heavy atom. The first kappa shape index (κ1) is 14.9. The molecule has 12 unspecified atom stereocenters. The molecule has 12 atom stereocenters. The van der Waals surface area contributed by atoms with E-state index in [9.17, 15) is 0 Å². The maximum absolute atomic E-state index is 2.64. The number of fused-ring (bicyclic) bond motifs is 13. The largest absolute Gasteiger partial charge is 0.0848 e. The van der Waals surface area contributed by atoms with Crippen LogP contribution in [-0.2, 0) is 0 Å². The molecule has 0 aromatic carbocycles. The van der Waals surface area contributed by atoms with Gasteiger partial charge in [0.25, 0.3) is 0 Å². The molecule has 0 heteroatoms. The molecule has 0 saturated heterocycles. The highest BCUT2D eigenvalue weighted by Crippen LogP contribution is 2.72. The van der Waals surface area contributed by atoms with E-state index in [0.29, 0.717) is 0 Å². The van der Waals surface area contributed by atoms with Crippen LogP contribution in [0.25, 0.3) is 0 Å². The molecule has 6 aliphatic rings. The number of allylic oxidation sites excluding steroid dienone is 2. The van der Waals surface area contributed by atoms with Crippen LogP contribution in [0.2, 0.25) is 0 Å². The van der Waals surface area contributed by atoms with Crippen molar-refractivity contribution in [2.45, 2.75) is 65.2 Å². The molecule has 0 radical (unpaired) electrons. The van der Waals surface area contributed by atoms with Gasteiger partial charge in [0.2, 0.25) is 0 Å². The van der Waals surface area contributed by atoms with Crippen LogP contribution in [0.1, 0.15) is 65.2 Å². The van der Waals surface area contributed by atoms with Crippen LogP contribution < -0.4 is 0 Å². The van der Waals surface area contributed by atoms with E-state index in [1.165, 1.54) is 19.3 Å². The minimum absolute atomic E-state index is 0.981. The quantitative estimate of drug-likeness (QED) is 0.532. The summed E-state index contributed by atoms with van der Waals surface area (Å²) >= 11 is 0. The Morgan fingerprint density at radius 3 is 2.33 bits per heavy atom. The fraction of sp³-hybridized carbons (Fsp3) is 0.917. The zero-order valence-corrected chi connectivity index (χ0v) is 15.7. The van der Waals surface area contributed by atoms with Gasteiger partial charge >= 0.3 is 0 Å². The lowest BCUT2D eigenvalue weighted by Crippen LogP contribution is -2.50. The van der Waals surface area contributed by atoms with Gasteiger partial charge < -0.3 is 0 Å². The van der Waals surface area contributed by atoms with Crippen LogP contribution in [0.3, 0.4) is 0 Å². The van der Waals surface area contributed by atoms with E-state index in [2.05, 4.69) is 26.0 Å². The van der Waals surface area contributed by atoms with Gasteiger partial charge in [0.15, 0.2) is 0 Å². The van der Waals surface area contributed by atoms with E-state index >= 15 is 0 Å². The Labute approximate surface area is 148 Å². The van der Waals surface area contributed by atoms with E-state index in [4.69, 9.17) is 0 Å². The van der Waals surface area contributed by atoms with Crippen molar-refractivity contribution in [2.24, 2.45) is 71.0 Å². The topological polar surface area (TPSA) is 0 Å². The Balaban J connectivity index is 1.37. The second-order valence-corrected chi connectivity index (χ2v) is 10.6. The molecule has 0 spiro atoms. The second kappa shape index (κ2) is 5.14. The van der Waals surface area contributed by atoms with Gasteiger partial charge in [-0.2, -0.15) is 0 Å². The Bertz CT molecular complexity index is 546. The van der Waals surface area contributed by atoms with Gasteiger partial charge in [-0.3, -0.25) is 0 Å². The van der Waals surface area contributed by atoms with Gasteiger partial charge in [-0.15, -0.1) is 0 Å². The Kier molecular flexibility index (Phi) is 3.18. The van der Waals surface area contributed by atoms with E-state index in [1.54, 1.807) is 32.1 Å². The van der Waals surface area contributed by atoms with E-state index in [0.717, 1.165) is 71.0 Å². The smallest absolute Gasteiger partial charge is 0.0194 e. The van der Waals surface area contributed by atoms with E-state index in [1.807, 2.05) is 0 Å². The Morgan fingerprint density at radius 2 is 1.50 bits per heavy atom. The summed E-state index contributed by atoms with van der Waals surface area (Å²) in [5.41, 5.74) is 0. The van der Waals surface area contributed by atoms with Gasteiger partial charge in [-0.1, -0.05) is 51.7 Å². The third-order valence-corrected chi connectivity index (χ3v) is 10.5. The maximum Gasteiger partial charge on any atom is -0.0194 e. The third-order valence-electron chi connectivity index (χ3n) is 10.5. The van der Waals surface area contributed by atoms with E-state index < -0.39 is 0 Å². The lowest BCUT2D eigenvalue weighted by atomic mass is 9.50. The summed E-state index contributed by atoms with van der Waals surface area (Å²) in [6, 6.07) is 0. The molecular formula is C24H36. The molecule has 132 valence electrons. The molecule has 0 amide bonds. The van der Waals surface area contributed by atoms with Gasteiger partial charge in [0.05, 0.1) is 0 Å². The van der Waals surface area contributed by atoms with Gasteiger partial charge in [-0.05, 0) is 96.7 Å². The molecule has 0 N–H and O–H groups in total. The fourth-order valence-corrected chi connectivity index (χ4v) is 10.2. The summed E-state index contributed by atoms with van der Waals surface area (Å²) < 4.78 is 0. The first-order valence-electron chi connectivity index (χ1n) is 11.5. The lowest BCUT2D eigenvalue weighted by Gasteiger charge is -2.55. The van der Waals surface area contributed by atoms with Crippen LogP contribution in [0, 0.1) is 71.0 Å². The monoisotopic (exact) mass is 324 g/mol. The summed E-state index contributed by atoms with van der Waals surface area (Å²) in [6.07, 6.45) is 17.8. The summed E-state index contributed by atoms with van der Waals surface area (Å²) in [5.74, 6) is 13.2. The molecule has 6 aliphatic carbocycles. The second-order valence-electron chi connectivity index (χ2n) is 10.6. The average molecular weight is 325 g/mol. The normalized spacial score (nSPS) is 62.6. The zero-order chi connectivity index (χ0) is 16.0. The maximum atomic E-state index is 2.64. The molecule has 24 heavy (non-hydrogen) atoms. The average Bonchev–Trinajstić information content (AvgIpc) is 3.38. The summed E-state index contributed by atoms with van der Waals surface area (Å²) in [6.45, 7) is 5.03. The predicted octanol–water partition coefficient (Wildman–Crippen LogP) is 6.18. The minimum atomic E-state index is 0.981. The van der Waals surface area contributed by atoms with Crippen molar-refractivity contribution in [3.8, 4) is 0 Å². The molecule has 5 fully saturated rings. The molecule has 0 heterocycles. The van der Waals surface area contributed by atoms with Gasteiger partial charge in [-0.25, -0.2) is 0 Å². The molecular weight excluding hydrogens is 288 g/mol. The fourth-order valence-electron chi connectivity index (χ4n) is 10.2. The molecule has 5 saturated carbocycles. The van der Waals surface area contributed by atoms with Crippen molar-refractivity contribution in [3.63, 3.8) is 0 Å². The van der Waals surface area contributed by atoms with Crippen molar-refractivity contribution >= 4 is 0 Å². The molecule has 0 aliphatic heterocycles. The third kappa shape index (κ3) is 1.67. The summed E-state index contributed by atoms with van der Waals surface area (Å²) in [4.78, 5) is 0. The van der Waals surface area contributed by atoms with Crippen LogP contribution in [-0.4, -0.2) is 0 Å². The number of rotatable bonds is 2. The van der Waals surface area contributed by atoms with Gasteiger partial charge in [0.1, 0.15) is 0 Å². The standard InChI is InChI=1S/C24H36/c1-3-13-6-5-7-17-19-12-21(22(13)17)24-16(4-2)23-15-9-8-14(10-15)18(23)11-20(19)24/h8-9,13-24H,3-7,10-12H2,1-2H3. The first-order valence-corrected chi connectivity index (χ1v) is 11.5. The minimum Gasteiger partial charge on any atom is -0.0848 e. The summed E-state index contributed by atoms with van der Waals surface area (Å²) in [7, 11) is 0. The lowest BCUT2D eigenvalue weighted by molar-refractivity contribution is -0.0662.